The number of hydrogen-bond acceptors (Lipinski definition) is 6. The second-order valence-corrected chi connectivity index (χ2v) is 6.49. The lowest BCUT2D eigenvalue weighted by Crippen LogP contribution is -2.11. The molecule has 0 heterocycles. The number of halogens is 1. The minimum Gasteiger partial charge on any atom is -0.496 e. The molecule has 0 unspecified atom stereocenters. The number of methoxy groups -OCH3 is 1. The van der Waals surface area contributed by atoms with Crippen molar-refractivity contribution < 1.29 is 22.3 Å². The molecule has 0 aliphatic heterocycles. The first kappa shape index (κ1) is 17.0. The fraction of sp³-hybridized carbons (Fsp3) is 0.143. The quantitative estimate of drug-likeness (QED) is 0.462. The van der Waals surface area contributed by atoms with Gasteiger partial charge in [0.1, 0.15) is 10.6 Å². The maximum Gasteiger partial charge on any atom is 0.339 e. The number of hydrogen-bond donors (Lipinski definition) is 0. The SMILES string of the molecule is COc1ccc(OS(=O)(=O)c2ccc(C)c(Cl)c2)c([N+](=O)[O-])c1. The summed E-state index contributed by atoms with van der Waals surface area (Å²) in [5.74, 6) is -0.202. The van der Waals surface area contributed by atoms with Crippen LogP contribution in [0.3, 0.4) is 0 Å². The van der Waals surface area contributed by atoms with E-state index in [9.17, 15) is 18.5 Å². The lowest BCUT2D eigenvalue weighted by Gasteiger charge is -2.09. The lowest BCUT2D eigenvalue weighted by atomic mass is 10.2. The molecule has 0 aromatic heterocycles. The third-order valence-corrected chi connectivity index (χ3v) is 4.63. The van der Waals surface area contributed by atoms with E-state index in [-0.39, 0.29) is 15.7 Å². The second kappa shape index (κ2) is 6.43. The molecule has 0 saturated carbocycles. The van der Waals surface area contributed by atoms with E-state index in [0.717, 1.165) is 12.1 Å². The van der Waals surface area contributed by atoms with Gasteiger partial charge in [0, 0.05) is 5.02 Å². The van der Waals surface area contributed by atoms with Crippen LogP contribution in [-0.4, -0.2) is 20.5 Å². The lowest BCUT2D eigenvalue weighted by molar-refractivity contribution is -0.385. The van der Waals surface area contributed by atoms with Gasteiger partial charge in [0.15, 0.2) is 0 Å². The standard InChI is InChI=1S/C14H12ClNO6S/c1-9-3-5-11(8-12(9)15)23(19,20)22-14-6-4-10(21-2)7-13(14)16(17)18/h3-8H,1-2H3. The molecule has 0 saturated heterocycles. The van der Waals surface area contributed by atoms with E-state index in [1.807, 2.05) is 0 Å². The summed E-state index contributed by atoms with van der Waals surface area (Å²) in [5.41, 5.74) is 0.173. The molecule has 0 spiro atoms. The van der Waals surface area contributed by atoms with Gasteiger partial charge in [-0.25, -0.2) is 0 Å². The van der Waals surface area contributed by atoms with Gasteiger partial charge in [-0.3, -0.25) is 10.1 Å². The normalized spacial score (nSPS) is 11.1. The van der Waals surface area contributed by atoms with Gasteiger partial charge in [-0.1, -0.05) is 17.7 Å². The van der Waals surface area contributed by atoms with Gasteiger partial charge in [0.05, 0.1) is 18.1 Å². The van der Waals surface area contributed by atoms with Crippen molar-refractivity contribution in [3.8, 4) is 11.5 Å². The first-order valence-corrected chi connectivity index (χ1v) is 8.06. The van der Waals surface area contributed by atoms with Crippen molar-refractivity contribution >= 4 is 27.4 Å². The fourth-order valence-corrected chi connectivity index (χ4v) is 2.95. The third kappa shape index (κ3) is 3.72. The summed E-state index contributed by atoms with van der Waals surface area (Å²) in [4.78, 5) is 10.1. The molecule has 0 fully saturated rings. The highest BCUT2D eigenvalue weighted by Crippen LogP contribution is 2.33. The summed E-state index contributed by atoms with van der Waals surface area (Å²) in [5, 5.41) is 11.3. The Hall–Kier alpha value is -2.32. The van der Waals surface area contributed by atoms with Gasteiger partial charge in [-0.2, -0.15) is 8.42 Å². The molecule has 2 aromatic rings. The fourth-order valence-electron chi connectivity index (χ4n) is 1.73. The van der Waals surface area contributed by atoms with Gasteiger partial charge < -0.3 is 8.92 Å². The summed E-state index contributed by atoms with van der Waals surface area (Å²) in [7, 11) is -2.92. The van der Waals surface area contributed by atoms with E-state index in [1.165, 1.54) is 31.4 Å². The minimum atomic E-state index is -4.26. The molecule has 7 nitrogen and oxygen atoms in total. The number of aryl methyl sites for hydroxylation is 1. The van der Waals surface area contributed by atoms with Crippen molar-refractivity contribution in [1.82, 2.24) is 0 Å². The monoisotopic (exact) mass is 357 g/mol. The van der Waals surface area contributed by atoms with Crippen LogP contribution in [0.4, 0.5) is 5.69 Å². The zero-order valence-electron chi connectivity index (χ0n) is 12.1. The Labute approximate surface area is 137 Å². The highest BCUT2D eigenvalue weighted by Gasteiger charge is 2.24. The van der Waals surface area contributed by atoms with Crippen LogP contribution >= 0.6 is 11.6 Å². The zero-order valence-corrected chi connectivity index (χ0v) is 13.7. The Balaban J connectivity index is 2.44. The highest BCUT2D eigenvalue weighted by atomic mass is 35.5. The molecular weight excluding hydrogens is 346 g/mol. The Morgan fingerprint density at radius 1 is 1.17 bits per heavy atom. The zero-order chi connectivity index (χ0) is 17.2. The number of rotatable bonds is 5. The summed E-state index contributed by atoms with van der Waals surface area (Å²) >= 11 is 5.90. The van der Waals surface area contributed by atoms with Crippen LogP contribution in [0, 0.1) is 17.0 Å². The van der Waals surface area contributed by atoms with E-state index in [1.54, 1.807) is 6.92 Å². The molecule has 0 radical (unpaired) electrons. The van der Waals surface area contributed by atoms with Crippen molar-refractivity contribution in [2.45, 2.75) is 11.8 Å². The van der Waals surface area contributed by atoms with E-state index >= 15 is 0 Å². The number of ether oxygens (including phenoxy) is 1. The average molecular weight is 358 g/mol. The maximum atomic E-state index is 12.3. The van der Waals surface area contributed by atoms with Crippen LogP contribution in [0.15, 0.2) is 41.3 Å². The summed E-state index contributed by atoms with van der Waals surface area (Å²) in [6.45, 7) is 1.72. The molecule has 0 aliphatic carbocycles. The molecule has 122 valence electrons. The molecule has 9 heteroatoms. The van der Waals surface area contributed by atoms with E-state index in [2.05, 4.69) is 0 Å². The number of benzene rings is 2. The predicted molar refractivity (Wildman–Crippen MR) is 83.7 cm³/mol. The number of nitro benzene ring substituents is 1. The molecular formula is C14H12ClNO6S. The average Bonchev–Trinajstić information content (AvgIpc) is 2.49. The van der Waals surface area contributed by atoms with E-state index in [0.29, 0.717) is 5.56 Å². The largest absolute Gasteiger partial charge is 0.496 e. The Morgan fingerprint density at radius 3 is 2.43 bits per heavy atom. The first-order chi connectivity index (χ1) is 10.7. The molecule has 23 heavy (non-hydrogen) atoms. The van der Waals surface area contributed by atoms with Crippen LogP contribution in [0.1, 0.15) is 5.56 Å². The molecule has 0 aliphatic rings. The van der Waals surface area contributed by atoms with Gasteiger partial charge in [-0.15, -0.1) is 0 Å². The highest BCUT2D eigenvalue weighted by molar-refractivity contribution is 7.87. The van der Waals surface area contributed by atoms with Gasteiger partial charge in [0.25, 0.3) is 0 Å². The topological polar surface area (TPSA) is 95.7 Å². The third-order valence-electron chi connectivity index (χ3n) is 2.99. The molecule has 0 N–H and O–H groups in total. The molecule has 0 bridgehead atoms. The Bertz CT molecular complexity index is 866. The summed E-state index contributed by atoms with van der Waals surface area (Å²) in [6, 6.07) is 7.64. The second-order valence-electron chi connectivity index (χ2n) is 4.54. The van der Waals surface area contributed by atoms with Crippen molar-refractivity contribution in [1.29, 1.82) is 0 Å². The van der Waals surface area contributed by atoms with Crippen LogP contribution < -0.4 is 8.92 Å². The van der Waals surface area contributed by atoms with Gasteiger partial charge in [-0.05, 0) is 36.8 Å². The molecule has 2 rings (SSSR count). The molecule has 0 amide bonds. The van der Waals surface area contributed by atoms with Crippen molar-refractivity contribution in [3.05, 3.63) is 57.1 Å². The smallest absolute Gasteiger partial charge is 0.339 e. The van der Waals surface area contributed by atoms with Crippen molar-refractivity contribution in [2.24, 2.45) is 0 Å². The summed E-state index contributed by atoms with van der Waals surface area (Å²) < 4.78 is 34.3. The Kier molecular flexibility index (Phi) is 4.76. The maximum absolute atomic E-state index is 12.3. The number of nitro groups is 1. The van der Waals surface area contributed by atoms with Gasteiger partial charge in [0.2, 0.25) is 5.75 Å². The Morgan fingerprint density at radius 2 is 1.87 bits per heavy atom. The molecule has 0 atom stereocenters. The van der Waals surface area contributed by atoms with Crippen LogP contribution in [0.2, 0.25) is 5.02 Å². The van der Waals surface area contributed by atoms with Crippen LogP contribution in [-0.2, 0) is 10.1 Å². The van der Waals surface area contributed by atoms with Crippen LogP contribution in [0.5, 0.6) is 11.5 Å². The van der Waals surface area contributed by atoms with Crippen molar-refractivity contribution in [2.75, 3.05) is 7.11 Å². The van der Waals surface area contributed by atoms with E-state index in [4.69, 9.17) is 20.5 Å². The van der Waals surface area contributed by atoms with Gasteiger partial charge >= 0.3 is 15.8 Å². The minimum absolute atomic E-state index is 0.196. The van der Waals surface area contributed by atoms with Crippen molar-refractivity contribution in [3.63, 3.8) is 0 Å². The number of nitrogens with zero attached hydrogens (tertiary/aromatic N) is 1. The van der Waals surface area contributed by atoms with E-state index < -0.39 is 26.5 Å². The first-order valence-electron chi connectivity index (χ1n) is 6.27. The summed E-state index contributed by atoms with van der Waals surface area (Å²) in [6.07, 6.45) is 0. The predicted octanol–water partition coefficient (Wildman–Crippen LogP) is 3.33. The van der Waals surface area contributed by atoms with Crippen LogP contribution in [0.25, 0.3) is 0 Å². The molecule has 2 aromatic carbocycles.